The van der Waals surface area contributed by atoms with Gasteiger partial charge < -0.3 is 0 Å². The van der Waals surface area contributed by atoms with Crippen molar-refractivity contribution < 1.29 is 8.42 Å². The number of hydrogen-bond donors (Lipinski definition) is 0. The second-order valence-electron chi connectivity index (χ2n) is 6.84. The van der Waals surface area contributed by atoms with Gasteiger partial charge in [-0.25, -0.2) is 8.42 Å². The van der Waals surface area contributed by atoms with E-state index in [1.807, 2.05) is 6.07 Å². The van der Waals surface area contributed by atoms with Crippen LogP contribution in [0.15, 0.2) is 46.8 Å². The van der Waals surface area contributed by atoms with Crippen LogP contribution in [0.3, 0.4) is 0 Å². The Balaban J connectivity index is 1.77. The van der Waals surface area contributed by atoms with Crippen molar-refractivity contribution in [3.63, 3.8) is 0 Å². The number of rotatable bonds is 3. The van der Waals surface area contributed by atoms with Crippen LogP contribution in [0, 0.1) is 12.3 Å². The maximum Gasteiger partial charge on any atom is 0.177 e. The van der Waals surface area contributed by atoms with Crippen LogP contribution >= 0.6 is 11.3 Å². The van der Waals surface area contributed by atoms with Crippen LogP contribution in [0.2, 0.25) is 0 Å². The third-order valence-corrected chi connectivity index (χ3v) is 7.05. The fourth-order valence-corrected chi connectivity index (χ4v) is 4.88. The second kappa shape index (κ2) is 5.39. The van der Waals surface area contributed by atoms with Crippen molar-refractivity contribution >= 4 is 32.3 Å². The molecule has 0 saturated heterocycles. The first kappa shape index (κ1) is 15.8. The van der Waals surface area contributed by atoms with E-state index < -0.39 is 9.84 Å². The summed E-state index contributed by atoms with van der Waals surface area (Å²) in [5, 5.41) is 2.17. The Morgan fingerprint density at radius 3 is 2.42 bits per heavy atom. The van der Waals surface area contributed by atoms with Gasteiger partial charge in [0.1, 0.15) is 0 Å². The average molecular weight is 358 g/mol. The van der Waals surface area contributed by atoms with Gasteiger partial charge in [-0.15, -0.1) is 11.3 Å². The molecule has 0 N–H and O–H groups in total. The van der Waals surface area contributed by atoms with E-state index in [4.69, 9.17) is 0 Å². The largest absolute Gasteiger partial charge is 0.255 e. The van der Waals surface area contributed by atoms with Crippen molar-refractivity contribution in [2.45, 2.75) is 31.1 Å². The number of nitrogens with zero attached hydrogens (tertiary/aromatic N) is 1. The van der Waals surface area contributed by atoms with Crippen molar-refractivity contribution in [3.05, 3.63) is 58.1 Å². The molecule has 0 bridgehead atoms. The number of aryl methyl sites for hydroxylation is 1. The minimum Gasteiger partial charge on any atom is -0.255 e. The van der Waals surface area contributed by atoms with E-state index in [1.54, 1.807) is 17.4 Å². The summed E-state index contributed by atoms with van der Waals surface area (Å²) in [6.45, 7) is 2.11. The highest BCUT2D eigenvalue weighted by Gasteiger charge is 2.39. The number of thiophene rings is 1. The lowest BCUT2D eigenvalue weighted by atomic mass is 9.70. The van der Waals surface area contributed by atoms with E-state index in [9.17, 15) is 8.42 Å². The Kier molecular flexibility index (Phi) is 3.55. The lowest BCUT2D eigenvalue weighted by Crippen LogP contribution is -2.22. The molecule has 5 heteroatoms. The zero-order valence-corrected chi connectivity index (χ0v) is 15.4. The fourth-order valence-electron chi connectivity index (χ4n) is 3.39. The number of allylic oxidation sites excluding steroid dienone is 4. The molecule has 0 aromatic carbocycles. The molecule has 0 aliphatic heterocycles. The van der Waals surface area contributed by atoms with Gasteiger partial charge in [0.15, 0.2) is 9.84 Å². The Morgan fingerprint density at radius 1 is 1.17 bits per heavy atom. The lowest BCUT2D eigenvalue weighted by molar-refractivity contribution is 0.282. The molecule has 0 amide bonds. The Hall–Kier alpha value is -1.72. The molecule has 2 aromatic heterocycles. The number of hydrogen-bond acceptors (Lipinski definition) is 4. The fraction of sp³-hybridized carbons (Fsp3) is 0.316. The molecule has 0 atom stereocenters. The highest BCUT2D eigenvalue weighted by Crippen LogP contribution is 2.54. The summed E-state index contributed by atoms with van der Waals surface area (Å²) < 4.78 is 23.3. The van der Waals surface area contributed by atoms with Crippen molar-refractivity contribution in [2.75, 3.05) is 6.26 Å². The molecule has 1 spiro atoms. The Labute approximate surface area is 146 Å². The van der Waals surface area contributed by atoms with Gasteiger partial charge in [0, 0.05) is 28.3 Å². The smallest absolute Gasteiger partial charge is 0.177 e. The van der Waals surface area contributed by atoms with Gasteiger partial charge in [-0.05, 0) is 54.5 Å². The average Bonchev–Trinajstić information content (AvgIpc) is 3.10. The number of aromatic nitrogens is 1. The highest BCUT2D eigenvalue weighted by molar-refractivity contribution is 7.90. The van der Waals surface area contributed by atoms with E-state index in [0.29, 0.717) is 0 Å². The van der Waals surface area contributed by atoms with Gasteiger partial charge in [-0.1, -0.05) is 18.6 Å². The summed E-state index contributed by atoms with van der Waals surface area (Å²) in [6, 6.07) is 5.70. The van der Waals surface area contributed by atoms with E-state index in [0.717, 1.165) is 11.3 Å². The van der Waals surface area contributed by atoms with E-state index in [-0.39, 0.29) is 10.3 Å². The molecule has 1 fully saturated rings. The predicted octanol–water partition coefficient (Wildman–Crippen LogP) is 4.51. The molecule has 1 saturated carbocycles. The molecule has 2 aliphatic carbocycles. The van der Waals surface area contributed by atoms with Gasteiger partial charge in [0.2, 0.25) is 0 Å². The number of sulfone groups is 1. The predicted molar refractivity (Wildman–Crippen MR) is 98.6 cm³/mol. The van der Waals surface area contributed by atoms with Crippen LogP contribution < -0.4 is 0 Å². The molecular weight excluding hydrogens is 338 g/mol. The molecule has 4 rings (SSSR count). The first-order valence-electron chi connectivity index (χ1n) is 8.04. The lowest BCUT2D eigenvalue weighted by Gasteiger charge is -2.34. The van der Waals surface area contributed by atoms with Crippen LogP contribution in [0.1, 0.15) is 35.4 Å². The van der Waals surface area contributed by atoms with Crippen molar-refractivity contribution in [1.82, 2.24) is 4.98 Å². The molecule has 24 heavy (non-hydrogen) atoms. The molecule has 0 radical (unpaired) electrons. The summed E-state index contributed by atoms with van der Waals surface area (Å²) >= 11 is 1.76. The molecule has 2 heterocycles. The van der Waals surface area contributed by atoms with Crippen LogP contribution in [-0.4, -0.2) is 19.7 Å². The van der Waals surface area contributed by atoms with Gasteiger partial charge in [-0.2, -0.15) is 0 Å². The maximum atomic E-state index is 11.6. The molecule has 2 aromatic rings. The van der Waals surface area contributed by atoms with Crippen molar-refractivity contribution in [1.29, 1.82) is 0 Å². The highest BCUT2D eigenvalue weighted by atomic mass is 32.2. The summed E-state index contributed by atoms with van der Waals surface area (Å²) in [7, 11) is -3.22. The topological polar surface area (TPSA) is 47.0 Å². The van der Waals surface area contributed by atoms with E-state index in [1.165, 1.54) is 47.7 Å². The standard InChI is InChI=1S/C19H19NO2S2/c1-13-8-18(23-12-13)16-10-19(6-3-7-19)9-15(16)17-5-4-14(11-20-17)24(2,21)22/h4-5,8-12H,3,6-7H2,1-2H3. The Bertz CT molecular complexity index is 959. The zero-order valence-electron chi connectivity index (χ0n) is 13.7. The normalized spacial score (nSPS) is 19.1. The van der Waals surface area contributed by atoms with Crippen molar-refractivity contribution in [3.8, 4) is 0 Å². The van der Waals surface area contributed by atoms with Crippen LogP contribution in [0.5, 0.6) is 0 Å². The third-order valence-electron chi connectivity index (χ3n) is 4.87. The van der Waals surface area contributed by atoms with Gasteiger partial charge in [0.05, 0.1) is 10.6 Å². The van der Waals surface area contributed by atoms with Gasteiger partial charge in [0.25, 0.3) is 0 Å². The van der Waals surface area contributed by atoms with E-state index in [2.05, 4.69) is 35.5 Å². The SMILES string of the molecule is Cc1csc(C2=CC3(C=C2c2ccc(S(C)(=O)=O)cn2)CCC3)c1. The summed E-state index contributed by atoms with van der Waals surface area (Å²) in [5.74, 6) is 0. The first-order chi connectivity index (χ1) is 11.4. The zero-order chi connectivity index (χ0) is 16.9. The summed E-state index contributed by atoms with van der Waals surface area (Å²) in [5.41, 5.74) is 4.68. The second-order valence-corrected chi connectivity index (χ2v) is 9.77. The minimum absolute atomic E-state index is 0.180. The molecule has 0 unspecified atom stereocenters. The van der Waals surface area contributed by atoms with Crippen LogP contribution in [0.25, 0.3) is 11.1 Å². The first-order valence-corrected chi connectivity index (χ1v) is 10.8. The van der Waals surface area contributed by atoms with Crippen LogP contribution in [0.4, 0.5) is 0 Å². The molecule has 2 aliphatic rings. The Morgan fingerprint density at radius 2 is 1.92 bits per heavy atom. The van der Waals surface area contributed by atoms with E-state index >= 15 is 0 Å². The third kappa shape index (κ3) is 2.66. The van der Waals surface area contributed by atoms with Gasteiger partial charge >= 0.3 is 0 Å². The summed E-state index contributed by atoms with van der Waals surface area (Å²) in [6.07, 6.45) is 11.0. The van der Waals surface area contributed by atoms with Crippen LogP contribution in [-0.2, 0) is 9.84 Å². The monoisotopic (exact) mass is 357 g/mol. The maximum absolute atomic E-state index is 11.6. The molecule has 124 valence electrons. The molecular formula is C19H19NO2S2. The quantitative estimate of drug-likeness (QED) is 0.812. The summed E-state index contributed by atoms with van der Waals surface area (Å²) in [4.78, 5) is 5.98. The molecule has 3 nitrogen and oxygen atoms in total. The van der Waals surface area contributed by atoms with Gasteiger partial charge in [-0.3, -0.25) is 4.98 Å². The van der Waals surface area contributed by atoms with Crippen molar-refractivity contribution in [2.24, 2.45) is 5.41 Å². The minimum atomic E-state index is -3.22. The number of pyridine rings is 1.